The van der Waals surface area contributed by atoms with E-state index in [1.807, 2.05) is 54.8 Å². The molecule has 0 bridgehead atoms. The van der Waals surface area contributed by atoms with E-state index in [4.69, 9.17) is 4.42 Å². The van der Waals surface area contributed by atoms with Crippen molar-refractivity contribution in [2.75, 3.05) is 11.1 Å². The van der Waals surface area contributed by atoms with Crippen molar-refractivity contribution >= 4 is 29.1 Å². The van der Waals surface area contributed by atoms with Gasteiger partial charge in [-0.15, -0.1) is 10.2 Å². The molecule has 1 atom stereocenters. The molecule has 0 spiro atoms. The molecule has 0 saturated heterocycles. The van der Waals surface area contributed by atoms with Gasteiger partial charge in [-0.1, -0.05) is 35.5 Å². The Bertz CT molecular complexity index is 1340. The maximum absolute atomic E-state index is 13.0. The van der Waals surface area contributed by atoms with Gasteiger partial charge in [-0.3, -0.25) is 14.2 Å². The Hall–Kier alpha value is -3.65. The van der Waals surface area contributed by atoms with E-state index < -0.39 is 0 Å². The smallest absolute Gasteiger partial charge is 0.231 e. The molecule has 3 heterocycles. The summed E-state index contributed by atoms with van der Waals surface area (Å²) in [6, 6.07) is 17.2. The van der Waals surface area contributed by atoms with Crippen LogP contribution in [0.4, 0.5) is 5.69 Å². The number of anilines is 1. The molecule has 33 heavy (non-hydrogen) atoms. The number of rotatable bonds is 7. The molecule has 1 aliphatic heterocycles. The van der Waals surface area contributed by atoms with E-state index >= 15 is 0 Å². The van der Waals surface area contributed by atoms with Gasteiger partial charge in [0.15, 0.2) is 16.8 Å². The van der Waals surface area contributed by atoms with Gasteiger partial charge < -0.3 is 9.73 Å². The van der Waals surface area contributed by atoms with Gasteiger partial charge >= 0.3 is 0 Å². The predicted molar refractivity (Wildman–Crippen MR) is 127 cm³/mol. The van der Waals surface area contributed by atoms with Crippen molar-refractivity contribution in [1.82, 2.24) is 14.8 Å². The van der Waals surface area contributed by atoms with E-state index in [0.29, 0.717) is 17.3 Å². The van der Waals surface area contributed by atoms with Gasteiger partial charge in [-0.05, 0) is 55.8 Å². The Balaban J connectivity index is 1.39. The predicted octanol–water partition coefficient (Wildman–Crippen LogP) is 4.93. The molecule has 166 valence electrons. The normalized spacial score (nSPS) is 14.8. The summed E-state index contributed by atoms with van der Waals surface area (Å²) < 4.78 is 7.52. The first-order valence-electron chi connectivity index (χ1n) is 10.6. The van der Waals surface area contributed by atoms with Crippen molar-refractivity contribution in [3.8, 4) is 11.4 Å². The third kappa shape index (κ3) is 4.21. The van der Waals surface area contributed by atoms with Gasteiger partial charge in [-0.2, -0.15) is 0 Å². The highest BCUT2D eigenvalue weighted by atomic mass is 32.2. The van der Waals surface area contributed by atoms with E-state index in [9.17, 15) is 9.59 Å². The number of hydrogen-bond acceptors (Lipinski definition) is 6. The van der Waals surface area contributed by atoms with E-state index in [0.717, 1.165) is 34.0 Å². The van der Waals surface area contributed by atoms with Crippen LogP contribution in [0.2, 0.25) is 0 Å². The minimum Gasteiger partial charge on any atom is -0.467 e. The fraction of sp³-hybridized carbons (Fsp3) is 0.200. The van der Waals surface area contributed by atoms with Crippen molar-refractivity contribution in [3.05, 3.63) is 83.3 Å². The lowest BCUT2D eigenvalue weighted by Gasteiger charge is -2.09. The molecule has 0 fully saturated rings. The quantitative estimate of drug-likeness (QED) is 0.312. The third-order valence-corrected chi connectivity index (χ3v) is 6.68. The Morgan fingerprint density at radius 1 is 1.15 bits per heavy atom. The number of amides is 1. The number of carbonyl (C=O) groups excluding carboxylic acids is 2. The second-order valence-corrected chi connectivity index (χ2v) is 9.01. The second-order valence-electron chi connectivity index (χ2n) is 8.07. The fourth-order valence-electron chi connectivity index (χ4n) is 3.90. The lowest BCUT2D eigenvalue weighted by atomic mass is 9.99. The van der Waals surface area contributed by atoms with Gasteiger partial charge in [0.25, 0.3) is 0 Å². The highest BCUT2D eigenvalue weighted by Crippen LogP contribution is 2.33. The number of carbonyl (C=O) groups is 2. The molecule has 2 aromatic carbocycles. The van der Waals surface area contributed by atoms with Crippen molar-refractivity contribution in [2.24, 2.45) is 0 Å². The molecule has 8 heteroatoms. The highest BCUT2D eigenvalue weighted by molar-refractivity contribution is 7.99. The molecule has 1 aliphatic rings. The number of fused-ring (bicyclic) bond motifs is 1. The van der Waals surface area contributed by atoms with Crippen molar-refractivity contribution in [3.63, 3.8) is 0 Å². The Morgan fingerprint density at radius 3 is 2.82 bits per heavy atom. The van der Waals surface area contributed by atoms with E-state index in [2.05, 4.69) is 21.6 Å². The van der Waals surface area contributed by atoms with Crippen LogP contribution in [0.25, 0.3) is 11.4 Å². The molecular weight excluding hydrogens is 436 g/mol. The Kier molecular flexibility index (Phi) is 5.60. The van der Waals surface area contributed by atoms with Crippen LogP contribution < -0.4 is 5.32 Å². The summed E-state index contributed by atoms with van der Waals surface area (Å²) in [4.78, 5) is 24.9. The molecule has 2 aromatic heterocycles. The maximum atomic E-state index is 13.0. The summed E-state index contributed by atoms with van der Waals surface area (Å²) >= 11 is 1.34. The summed E-state index contributed by atoms with van der Waals surface area (Å²) in [5, 5.41) is 12.3. The number of thioether (sulfide) groups is 1. The van der Waals surface area contributed by atoms with Gasteiger partial charge in [0.05, 0.1) is 24.5 Å². The first-order chi connectivity index (χ1) is 16.0. The molecule has 5 rings (SSSR count). The second kappa shape index (κ2) is 8.71. The molecule has 0 radical (unpaired) electrons. The molecule has 1 amide bonds. The first kappa shape index (κ1) is 21.2. The molecule has 0 aliphatic carbocycles. The summed E-state index contributed by atoms with van der Waals surface area (Å²) in [6.45, 7) is 4.34. The molecule has 0 saturated carbocycles. The average Bonchev–Trinajstić information content (AvgIpc) is 3.53. The third-order valence-electron chi connectivity index (χ3n) is 5.71. The van der Waals surface area contributed by atoms with E-state index in [-0.39, 0.29) is 23.4 Å². The Labute approximate surface area is 195 Å². The molecule has 7 nitrogen and oxygen atoms in total. The average molecular weight is 459 g/mol. The molecule has 1 N–H and O–H groups in total. The number of furan rings is 1. The number of aryl methyl sites for hydroxylation is 1. The number of aromatic nitrogens is 3. The number of Topliss-reactive ketones (excluding diaryl/α,β-unsaturated/α-hetero) is 1. The molecule has 4 aromatic rings. The van der Waals surface area contributed by atoms with Crippen LogP contribution in [-0.2, 0) is 11.3 Å². The van der Waals surface area contributed by atoms with Gasteiger partial charge in [-0.25, -0.2) is 0 Å². The van der Waals surface area contributed by atoms with Crippen molar-refractivity contribution < 1.29 is 14.0 Å². The van der Waals surface area contributed by atoms with Crippen LogP contribution in [0, 0.1) is 6.92 Å². The van der Waals surface area contributed by atoms with Crippen LogP contribution in [-0.4, -0.2) is 32.2 Å². The van der Waals surface area contributed by atoms with Crippen LogP contribution in [0.3, 0.4) is 0 Å². The summed E-state index contributed by atoms with van der Waals surface area (Å²) in [5.74, 6) is 1.38. The first-order valence-corrected chi connectivity index (χ1v) is 11.6. The Morgan fingerprint density at radius 2 is 2.03 bits per heavy atom. The zero-order valence-electron chi connectivity index (χ0n) is 18.2. The zero-order valence-corrected chi connectivity index (χ0v) is 19.1. The van der Waals surface area contributed by atoms with Gasteiger partial charge in [0.2, 0.25) is 5.91 Å². The van der Waals surface area contributed by atoms with Crippen LogP contribution in [0.15, 0.2) is 70.4 Å². The highest BCUT2D eigenvalue weighted by Gasteiger charge is 2.27. The number of hydrogen-bond donors (Lipinski definition) is 1. The maximum Gasteiger partial charge on any atom is 0.231 e. The monoisotopic (exact) mass is 458 g/mol. The molecule has 0 unspecified atom stereocenters. The van der Waals surface area contributed by atoms with Crippen molar-refractivity contribution in [1.29, 1.82) is 0 Å². The standard InChI is InChI=1S/C25H22N4O3S/c1-15-5-3-6-18(11-15)23-27-28-25(29(23)13-19-7-4-10-32-19)33-14-22(30)17-8-9-21-20(12-17)16(2)24(31)26-21/h3-12,16H,13-14H2,1-2H3,(H,26,31)/t16-/m1/s1. The SMILES string of the molecule is Cc1cccc(-c2nnc(SCC(=O)c3ccc4c(c3)[C@@H](C)C(=O)N4)n2Cc2ccco2)c1. The number of nitrogens with one attached hydrogen (secondary N) is 1. The van der Waals surface area contributed by atoms with Crippen LogP contribution >= 0.6 is 11.8 Å². The van der Waals surface area contributed by atoms with Crippen molar-refractivity contribution in [2.45, 2.75) is 31.5 Å². The topological polar surface area (TPSA) is 90.0 Å². The summed E-state index contributed by atoms with van der Waals surface area (Å²) in [6.07, 6.45) is 1.64. The van der Waals surface area contributed by atoms with Gasteiger partial charge in [0.1, 0.15) is 5.76 Å². The number of nitrogens with zero attached hydrogens (tertiary/aromatic N) is 3. The minimum atomic E-state index is -0.256. The van der Waals surface area contributed by atoms with Crippen LogP contribution in [0.1, 0.15) is 40.1 Å². The minimum absolute atomic E-state index is 0.0287. The summed E-state index contributed by atoms with van der Waals surface area (Å²) in [7, 11) is 0. The van der Waals surface area contributed by atoms with Gasteiger partial charge in [0, 0.05) is 16.8 Å². The number of ketones is 1. The van der Waals surface area contributed by atoms with Crippen LogP contribution in [0.5, 0.6) is 0 Å². The largest absolute Gasteiger partial charge is 0.467 e. The van der Waals surface area contributed by atoms with E-state index in [1.165, 1.54) is 11.8 Å². The molecular formula is C25H22N4O3S. The van der Waals surface area contributed by atoms with E-state index in [1.54, 1.807) is 18.4 Å². The lowest BCUT2D eigenvalue weighted by molar-refractivity contribution is -0.116. The summed E-state index contributed by atoms with van der Waals surface area (Å²) in [5.41, 5.74) is 4.30. The zero-order chi connectivity index (χ0) is 22.9. The number of benzene rings is 2. The lowest BCUT2D eigenvalue weighted by Crippen LogP contribution is -2.08. The fourth-order valence-corrected chi connectivity index (χ4v) is 4.73.